The highest BCUT2D eigenvalue weighted by Crippen LogP contribution is 2.26. The zero-order valence-corrected chi connectivity index (χ0v) is 17.6. The molecule has 2 aromatic carbocycles. The molecule has 0 aliphatic rings. The zero-order valence-electron chi connectivity index (χ0n) is 15.3. The molecular weight excluding hydrogens is 421 g/mol. The monoisotopic (exact) mass is 439 g/mol. The number of hydrogen-bond donors (Lipinski definition) is 3. The highest BCUT2D eigenvalue weighted by atomic mass is 35.5. The van der Waals surface area contributed by atoms with E-state index in [1.54, 1.807) is 30.3 Å². The molecule has 3 N–H and O–H groups in total. The maximum absolute atomic E-state index is 12.3. The summed E-state index contributed by atoms with van der Waals surface area (Å²) in [7, 11) is 1.49. The number of hydrogen-bond acceptors (Lipinski definition) is 4. The van der Waals surface area contributed by atoms with Crippen LogP contribution in [0.5, 0.6) is 5.75 Å². The van der Waals surface area contributed by atoms with Crippen molar-refractivity contribution in [2.45, 2.75) is 19.8 Å². The molecule has 0 aliphatic heterocycles. The van der Waals surface area contributed by atoms with Gasteiger partial charge >= 0.3 is 0 Å². The van der Waals surface area contributed by atoms with Gasteiger partial charge in [0.2, 0.25) is 5.91 Å². The van der Waals surface area contributed by atoms with Crippen molar-refractivity contribution >= 4 is 63.7 Å². The lowest BCUT2D eigenvalue weighted by Gasteiger charge is -2.13. The molecule has 0 atom stereocenters. The molecule has 6 nitrogen and oxygen atoms in total. The Labute approximate surface area is 178 Å². The quantitative estimate of drug-likeness (QED) is 0.559. The number of halogens is 2. The van der Waals surface area contributed by atoms with Gasteiger partial charge in [0.25, 0.3) is 5.91 Å². The van der Waals surface area contributed by atoms with Crippen molar-refractivity contribution in [3.63, 3.8) is 0 Å². The minimum absolute atomic E-state index is 0.0517. The van der Waals surface area contributed by atoms with Crippen LogP contribution in [0.4, 0.5) is 11.4 Å². The Morgan fingerprint density at radius 1 is 1.07 bits per heavy atom. The molecule has 0 saturated heterocycles. The van der Waals surface area contributed by atoms with Gasteiger partial charge in [0.15, 0.2) is 5.11 Å². The average molecular weight is 440 g/mol. The summed E-state index contributed by atoms with van der Waals surface area (Å²) in [5.74, 6) is -0.0683. The Hall–Kier alpha value is -2.35. The molecule has 148 valence electrons. The summed E-state index contributed by atoms with van der Waals surface area (Å²) < 4.78 is 5.06. The van der Waals surface area contributed by atoms with E-state index < -0.39 is 5.91 Å². The van der Waals surface area contributed by atoms with Crippen molar-refractivity contribution in [3.8, 4) is 5.75 Å². The Morgan fingerprint density at radius 3 is 2.46 bits per heavy atom. The van der Waals surface area contributed by atoms with Crippen molar-refractivity contribution in [1.82, 2.24) is 5.32 Å². The Balaban J connectivity index is 2.05. The minimum atomic E-state index is -0.439. The van der Waals surface area contributed by atoms with Crippen LogP contribution >= 0.6 is 35.4 Å². The Kier molecular flexibility index (Phi) is 8.04. The number of carbonyl (C=O) groups excluding carboxylic acids is 2. The van der Waals surface area contributed by atoms with Crippen LogP contribution in [0.2, 0.25) is 10.0 Å². The van der Waals surface area contributed by atoms with Gasteiger partial charge in [-0.3, -0.25) is 14.9 Å². The molecule has 0 bridgehead atoms. The largest absolute Gasteiger partial charge is 0.495 e. The van der Waals surface area contributed by atoms with Crippen LogP contribution in [0.3, 0.4) is 0 Å². The van der Waals surface area contributed by atoms with Crippen LogP contribution in [-0.2, 0) is 4.79 Å². The topological polar surface area (TPSA) is 79.5 Å². The van der Waals surface area contributed by atoms with Crippen LogP contribution in [0.25, 0.3) is 0 Å². The fourth-order valence-corrected chi connectivity index (χ4v) is 2.91. The average Bonchev–Trinajstić information content (AvgIpc) is 2.64. The highest BCUT2D eigenvalue weighted by Gasteiger charge is 2.12. The molecule has 2 amide bonds. The molecule has 0 unspecified atom stereocenters. The molecule has 0 radical (unpaired) electrons. The molecule has 0 saturated carbocycles. The second-order valence-electron chi connectivity index (χ2n) is 5.75. The predicted octanol–water partition coefficient (Wildman–Crippen LogP) is 4.87. The van der Waals surface area contributed by atoms with Crippen LogP contribution in [-0.4, -0.2) is 24.0 Å². The number of rotatable bonds is 6. The summed E-state index contributed by atoms with van der Waals surface area (Å²) in [4.78, 5) is 24.1. The first-order valence-corrected chi connectivity index (χ1v) is 9.55. The van der Waals surface area contributed by atoms with Crippen molar-refractivity contribution in [2.24, 2.45) is 0 Å². The normalized spacial score (nSPS) is 10.1. The lowest BCUT2D eigenvalue weighted by Crippen LogP contribution is -2.34. The van der Waals surface area contributed by atoms with Crippen LogP contribution in [0.1, 0.15) is 30.1 Å². The number of amides is 2. The summed E-state index contributed by atoms with van der Waals surface area (Å²) in [6.45, 7) is 1.92. The standard InChI is InChI=1S/C19H19Cl2N3O3S/c1-3-4-17(25)22-12-6-7-13(20)15(10-12)23-19(28)24-18(26)11-5-8-16(27-2)14(21)9-11/h5-10H,3-4H2,1-2H3,(H,22,25)(H2,23,24,26,28). The molecule has 28 heavy (non-hydrogen) atoms. The van der Waals surface area contributed by atoms with E-state index in [0.29, 0.717) is 39.2 Å². The van der Waals surface area contributed by atoms with Crippen LogP contribution in [0, 0.1) is 0 Å². The first-order chi connectivity index (χ1) is 13.3. The minimum Gasteiger partial charge on any atom is -0.495 e. The maximum atomic E-state index is 12.3. The van der Waals surface area contributed by atoms with Crippen molar-refractivity contribution < 1.29 is 14.3 Å². The third kappa shape index (κ3) is 6.09. The van der Waals surface area contributed by atoms with Crippen molar-refractivity contribution in [1.29, 1.82) is 0 Å². The molecule has 0 aromatic heterocycles. The maximum Gasteiger partial charge on any atom is 0.257 e. The van der Waals surface area contributed by atoms with Crippen LogP contribution in [0.15, 0.2) is 36.4 Å². The number of thiocarbonyl (C=S) groups is 1. The number of carbonyl (C=O) groups is 2. The van der Waals surface area contributed by atoms with Gasteiger partial charge in [-0.25, -0.2) is 0 Å². The third-order valence-corrected chi connectivity index (χ3v) is 4.45. The van der Waals surface area contributed by atoms with Gasteiger partial charge in [-0.1, -0.05) is 30.1 Å². The second kappa shape index (κ2) is 10.3. The van der Waals surface area contributed by atoms with E-state index in [4.69, 9.17) is 40.2 Å². The Bertz CT molecular complexity index is 906. The smallest absolute Gasteiger partial charge is 0.257 e. The lowest BCUT2D eigenvalue weighted by atomic mass is 10.2. The summed E-state index contributed by atoms with van der Waals surface area (Å²) >= 11 is 17.4. The second-order valence-corrected chi connectivity index (χ2v) is 6.97. The zero-order chi connectivity index (χ0) is 20.7. The molecule has 0 spiro atoms. The van der Waals surface area contributed by atoms with Crippen molar-refractivity contribution in [2.75, 3.05) is 17.7 Å². The highest BCUT2D eigenvalue weighted by molar-refractivity contribution is 7.80. The van der Waals surface area contributed by atoms with Crippen molar-refractivity contribution in [3.05, 3.63) is 52.0 Å². The van der Waals surface area contributed by atoms with E-state index >= 15 is 0 Å². The number of benzene rings is 2. The summed E-state index contributed by atoms with van der Waals surface area (Å²) in [5, 5.41) is 8.93. The fraction of sp³-hybridized carbons (Fsp3) is 0.211. The first-order valence-electron chi connectivity index (χ1n) is 8.39. The molecule has 9 heteroatoms. The van der Waals surface area contributed by atoms with Gasteiger partial charge in [0.1, 0.15) is 5.75 Å². The molecule has 2 rings (SSSR count). The van der Waals surface area contributed by atoms with Gasteiger partial charge in [-0.15, -0.1) is 0 Å². The lowest BCUT2D eigenvalue weighted by molar-refractivity contribution is -0.116. The molecule has 2 aromatic rings. The molecular formula is C19H19Cl2N3O3S. The number of anilines is 2. The van der Waals surface area contributed by atoms with Crippen LogP contribution < -0.4 is 20.7 Å². The van der Waals surface area contributed by atoms with Gasteiger partial charge in [0.05, 0.1) is 22.8 Å². The van der Waals surface area contributed by atoms with Gasteiger partial charge in [0, 0.05) is 17.7 Å². The fourth-order valence-electron chi connectivity index (χ4n) is 2.29. The molecule has 0 aliphatic carbocycles. The van der Waals surface area contributed by atoms with E-state index in [0.717, 1.165) is 6.42 Å². The number of ether oxygens (including phenoxy) is 1. The van der Waals surface area contributed by atoms with E-state index in [9.17, 15) is 9.59 Å². The summed E-state index contributed by atoms with van der Waals surface area (Å²) in [6, 6.07) is 9.58. The summed E-state index contributed by atoms with van der Waals surface area (Å²) in [6.07, 6.45) is 1.17. The first kappa shape index (κ1) is 21.9. The van der Waals surface area contributed by atoms with E-state index in [1.807, 2.05) is 6.92 Å². The molecule has 0 heterocycles. The van der Waals surface area contributed by atoms with Gasteiger partial charge < -0.3 is 15.4 Å². The van der Waals surface area contributed by atoms with E-state index in [2.05, 4.69) is 16.0 Å². The molecule has 0 fully saturated rings. The Morgan fingerprint density at radius 2 is 1.82 bits per heavy atom. The SMILES string of the molecule is CCCC(=O)Nc1ccc(Cl)c(NC(=S)NC(=O)c2ccc(OC)c(Cl)c2)c1. The number of methoxy groups -OCH3 is 1. The van der Waals surface area contributed by atoms with E-state index in [1.165, 1.54) is 13.2 Å². The predicted molar refractivity (Wildman–Crippen MR) is 117 cm³/mol. The van der Waals surface area contributed by atoms with E-state index in [-0.39, 0.29) is 11.0 Å². The number of nitrogens with one attached hydrogen (secondary N) is 3. The van der Waals surface area contributed by atoms with Gasteiger partial charge in [-0.2, -0.15) is 0 Å². The third-order valence-electron chi connectivity index (χ3n) is 3.62. The van der Waals surface area contributed by atoms with Gasteiger partial charge in [-0.05, 0) is 55.0 Å². The summed E-state index contributed by atoms with van der Waals surface area (Å²) in [5.41, 5.74) is 1.34.